The molecule has 42 heavy (non-hydrogen) atoms. The molecule has 0 saturated heterocycles. The van der Waals surface area contributed by atoms with Crippen molar-refractivity contribution in [3.63, 3.8) is 0 Å². The molecule has 5 N–H and O–H groups in total. The Morgan fingerprint density at radius 1 is 1.17 bits per heavy atom. The number of nitrogens with zero attached hydrogens (tertiary/aromatic N) is 4. The minimum absolute atomic E-state index is 0.0155. The van der Waals surface area contributed by atoms with Crippen molar-refractivity contribution in [1.29, 1.82) is 0 Å². The van der Waals surface area contributed by atoms with E-state index >= 15 is 0 Å². The molecule has 226 valence electrons. The third kappa shape index (κ3) is 6.69. The highest BCUT2D eigenvalue weighted by Crippen LogP contribution is 2.30. The summed E-state index contributed by atoms with van der Waals surface area (Å²) in [4.78, 5) is 17.8. The van der Waals surface area contributed by atoms with Crippen LogP contribution in [0.3, 0.4) is 0 Å². The molecule has 2 atom stereocenters. The van der Waals surface area contributed by atoms with E-state index in [-0.39, 0.29) is 34.9 Å². The minimum Gasteiger partial charge on any atom is -0.477 e. The molecule has 1 aromatic heterocycles. The normalized spacial score (nSPS) is 15.5. The molecular weight excluding hydrogens is 577 g/mol. The molecule has 4 rings (SSSR count). The summed E-state index contributed by atoms with van der Waals surface area (Å²) < 4.78 is 63.8. The van der Waals surface area contributed by atoms with Crippen LogP contribution >= 0.6 is 0 Å². The van der Waals surface area contributed by atoms with Crippen LogP contribution in [0.1, 0.15) is 28.5 Å². The third-order valence-electron chi connectivity index (χ3n) is 6.91. The van der Waals surface area contributed by atoms with Crippen molar-refractivity contribution in [2.24, 2.45) is 10.7 Å². The second-order valence-corrected chi connectivity index (χ2v) is 11.9. The summed E-state index contributed by atoms with van der Waals surface area (Å²) in [5.74, 6) is -0.750. The van der Waals surface area contributed by atoms with Crippen LogP contribution in [0.15, 0.2) is 65.8 Å². The SMILES string of the molecule is CC(Cc1ccc2c(c1)cc(C(=O)O)n2Cc1ccc(N(C)S(=O)(=O)C(F)(F)F)cc1)NCC(O)N1C=CC(N)=NC1. The standard InChI is InChI=1S/C27H31F3N6O5S/c1-17(32-14-25(37)35-10-9-24(31)33-16-35)11-19-5-8-22-20(12-19)13-23(26(38)39)36(22)15-18-3-6-21(7-4-18)34(2)42(40,41)27(28,29)30/h3-10,12-13,17,25,32,37H,11,14-16H2,1-2H3,(H2,31,33)(H,38,39). The van der Waals surface area contributed by atoms with Crippen molar-refractivity contribution in [3.8, 4) is 0 Å². The van der Waals surface area contributed by atoms with E-state index in [1.807, 2.05) is 19.1 Å². The van der Waals surface area contributed by atoms with Gasteiger partial charge in [0.15, 0.2) is 0 Å². The molecule has 0 saturated carbocycles. The lowest BCUT2D eigenvalue weighted by atomic mass is 10.1. The lowest BCUT2D eigenvalue weighted by molar-refractivity contribution is -0.0437. The lowest BCUT2D eigenvalue weighted by Crippen LogP contribution is -2.44. The summed E-state index contributed by atoms with van der Waals surface area (Å²) in [6, 6.07) is 12.5. The van der Waals surface area contributed by atoms with Crippen molar-refractivity contribution in [2.75, 3.05) is 24.6 Å². The van der Waals surface area contributed by atoms with Gasteiger partial charge in [-0.05, 0) is 60.9 Å². The van der Waals surface area contributed by atoms with Crippen LogP contribution in [0, 0.1) is 0 Å². The molecule has 0 aliphatic carbocycles. The first-order chi connectivity index (χ1) is 19.7. The van der Waals surface area contributed by atoms with Crippen LogP contribution in [0.2, 0.25) is 0 Å². The number of carbonyl (C=O) groups is 1. The van der Waals surface area contributed by atoms with Gasteiger partial charge in [0.25, 0.3) is 0 Å². The summed E-state index contributed by atoms with van der Waals surface area (Å²) in [5, 5.41) is 24.2. The Bertz CT molecular complexity index is 1620. The van der Waals surface area contributed by atoms with E-state index in [0.717, 1.165) is 12.6 Å². The van der Waals surface area contributed by atoms with Gasteiger partial charge in [0.1, 0.15) is 24.4 Å². The molecule has 11 nitrogen and oxygen atoms in total. The number of carboxylic acids is 1. The average molecular weight is 609 g/mol. The molecular formula is C27H31F3N6O5S. The molecule has 2 unspecified atom stereocenters. The monoisotopic (exact) mass is 608 g/mol. The van der Waals surface area contributed by atoms with Gasteiger partial charge in [-0.1, -0.05) is 18.2 Å². The number of aromatic carboxylic acids is 1. The number of amidine groups is 1. The number of halogens is 3. The van der Waals surface area contributed by atoms with Crippen molar-refractivity contribution < 1.29 is 36.6 Å². The Hall–Kier alpha value is -4.08. The highest BCUT2D eigenvalue weighted by atomic mass is 32.2. The number of alkyl halides is 3. The number of aliphatic hydroxyl groups excluding tert-OH is 1. The molecule has 0 bridgehead atoms. The fourth-order valence-electron chi connectivity index (χ4n) is 4.56. The lowest BCUT2D eigenvalue weighted by Gasteiger charge is -2.28. The van der Waals surface area contributed by atoms with E-state index in [4.69, 9.17) is 5.73 Å². The number of hydrogen-bond donors (Lipinski definition) is 4. The quantitative estimate of drug-likeness (QED) is 0.259. The minimum atomic E-state index is -5.55. The maximum Gasteiger partial charge on any atom is 0.516 e. The fraction of sp³-hybridized carbons (Fsp3) is 0.333. The number of aliphatic imine (C=N–C) groups is 1. The molecule has 3 aromatic rings. The van der Waals surface area contributed by atoms with E-state index in [9.17, 15) is 36.6 Å². The highest BCUT2D eigenvalue weighted by molar-refractivity contribution is 7.93. The number of carboxylic acid groups (broad SMARTS) is 1. The first-order valence-electron chi connectivity index (χ1n) is 12.8. The summed E-state index contributed by atoms with van der Waals surface area (Å²) in [6.07, 6.45) is 3.11. The van der Waals surface area contributed by atoms with Crippen LogP contribution < -0.4 is 15.4 Å². The Kier molecular flexibility index (Phi) is 8.84. The van der Waals surface area contributed by atoms with Crippen molar-refractivity contribution in [1.82, 2.24) is 14.8 Å². The second kappa shape index (κ2) is 12.0. The smallest absolute Gasteiger partial charge is 0.477 e. The largest absolute Gasteiger partial charge is 0.516 e. The summed E-state index contributed by atoms with van der Waals surface area (Å²) >= 11 is 0. The van der Waals surface area contributed by atoms with Gasteiger partial charge in [-0.3, -0.25) is 4.31 Å². The molecule has 0 amide bonds. The number of sulfonamides is 1. The van der Waals surface area contributed by atoms with Gasteiger partial charge in [-0.15, -0.1) is 0 Å². The summed E-state index contributed by atoms with van der Waals surface area (Å²) in [5.41, 5.74) is 2.16. The topological polar surface area (TPSA) is 153 Å². The Labute approximate surface area is 240 Å². The Morgan fingerprint density at radius 2 is 1.83 bits per heavy atom. The number of aliphatic hydroxyl groups is 1. The van der Waals surface area contributed by atoms with E-state index in [1.54, 1.807) is 33.9 Å². The van der Waals surface area contributed by atoms with Gasteiger partial charge in [-0.25, -0.2) is 9.79 Å². The number of nitrogens with one attached hydrogen (secondary N) is 1. The van der Waals surface area contributed by atoms with E-state index < -0.39 is 27.7 Å². The van der Waals surface area contributed by atoms with E-state index in [0.29, 0.717) is 35.3 Å². The Balaban J connectivity index is 1.46. The third-order valence-corrected chi connectivity index (χ3v) is 8.42. The molecule has 0 fully saturated rings. The fourth-order valence-corrected chi connectivity index (χ4v) is 5.27. The van der Waals surface area contributed by atoms with Gasteiger partial charge in [-0.2, -0.15) is 21.6 Å². The van der Waals surface area contributed by atoms with Crippen LogP contribution in [-0.4, -0.2) is 77.9 Å². The average Bonchev–Trinajstić information content (AvgIpc) is 3.29. The van der Waals surface area contributed by atoms with Gasteiger partial charge in [0.2, 0.25) is 0 Å². The van der Waals surface area contributed by atoms with Crippen LogP contribution in [0.25, 0.3) is 10.9 Å². The highest BCUT2D eigenvalue weighted by Gasteiger charge is 2.49. The number of nitrogens with two attached hydrogens (primary N) is 1. The molecule has 0 radical (unpaired) electrons. The second-order valence-electron chi connectivity index (χ2n) is 9.95. The van der Waals surface area contributed by atoms with Crippen LogP contribution in [0.5, 0.6) is 0 Å². The first kappa shape index (κ1) is 30.9. The van der Waals surface area contributed by atoms with Crippen molar-refractivity contribution in [2.45, 2.75) is 37.7 Å². The number of rotatable bonds is 11. The van der Waals surface area contributed by atoms with Crippen LogP contribution in [-0.2, 0) is 23.0 Å². The van der Waals surface area contributed by atoms with Crippen LogP contribution in [0.4, 0.5) is 18.9 Å². The predicted molar refractivity (Wildman–Crippen MR) is 152 cm³/mol. The first-order valence-corrected chi connectivity index (χ1v) is 14.3. The predicted octanol–water partition coefficient (Wildman–Crippen LogP) is 2.66. The van der Waals surface area contributed by atoms with Crippen molar-refractivity contribution >= 4 is 38.4 Å². The molecule has 15 heteroatoms. The number of fused-ring (bicyclic) bond motifs is 1. The zero-order valence-electron chi connectivity index (χ0n) is 22.8. The van der Waals surface area contributed by atoms with Gasteiger partial charge >= 0.3 is 21.5 Å². The molecule has 2 aromatic carbocycles. The van der Waals surface area contributed by atoms with Gasteiger partial charge < -0.3 is 30.7 Å². The molecule has 0 spiro atoms. The van der Waals surface area contributed by atoms with Crippen molar-refractivity contribution in [3.05, 3.63) is 77.6 Å². The summed E-state index contributed by atoms with van der Waals surface area (Å²) in [7, 11) is -4.73. The number of anilines is 1. The number of benzene rings is 2. The van der Waals surface area contributed by atoms with Gasteiger partial charge in [0.05, 0.1) is 5.69 Å². The maximum absolute atomic E-state index is 12.9. The number of aromatic nitrogens is 1. The Morgan fingerprint density at radius 3 is 2.43 bits per heavy atom. The molecule has 1 aliphatic heterocycles. The van der Waals surface area contributed by atoms with E-state index in [1.165, 1.54) is 24.3 Å². The molecule has 1 aliphatic rings. The zero-order valence-corrected chi connectivity index (χ0v) is 23.6. The van der Waals surface area contributed by atoms with Gasteiger partial charge in [0, 0.05) is 43.3 Å². The zero-order chi connectivity index (χ0) is 30.8. The number of hydrogen-bond acceptors (Lipinski definition) is 8. The molecule has 2 heterocycles. The summed E-state index contributed by atoms with van der Waals surface area (Å²) in [6.45, 7) is 2.62. The maximum atomic E-state index is 12.9. The van der Waals surface area contributed by atoms with E-state index in [2.05, 4.69) is 10.3 Å².